The number of urea groups is 4. The molecule has 16 atom stereocenters. The van der Waals surface area contributed by atoms with Gasteiger partial charge in [0.1, 0.15) is 23.2 Å². The van der Waals surface area contributed by atoms with Crippen molar-refractivity contribution in [2.45, 2.75) is 277 Å². The Labute approximate surface area is 861 Å². The van der Waals surface area contributed by atoms with Crippen LogP contribution in [0.1, 0.15) is 245 Å². The second-order valence-electron chi connectivity index (χ2n) is 49.0. The number of benzene rings is 6. The number of fused-ring (bicyclic) bond motifs is 12. The number of nitrogens with zero attached hydrogens (tertiary/aromatic N) is 8. The Morgan fingerprint density at radius 3 is 1.01 bits per heavy atom. The van der Waals surface area contributed by atoms with E-state index in [0.717, 1.165) is 198 Å². The molecule has 18 saturated carbocycles. The summed E-state index contributed by atoms with van der Waals surface area (Å²) in [5, 5.41) is 72.3. The molecule has 31 heteroatoms. The molecular weight excluding hydrogens is 1890 g/mol. The van der Waals surface area contributed by atoms with E-state index in [4.69, 9.17) is 0 Å². The van der Waals surface area contributed by atoms with Crippen LogP contribution in [0.25, 0.3) is 45.0 Å². The molecule has 8 amide bonds. The molecule has 4 aliphatic heterocycles. The highest BCUT2D eigenvalue weighted by molar-refractivity contribution is 7.90. The largest absolute Gasteiger partial charge is 0.392 e. The van der Waals surface area contributed by atoms with Gasteiger partial charge in [0, 0.05) is 100 Å². The molecule has 0 radical (unpaired) electrons. The van der Waals surface area contributed by atoms with Crippen molar-refractivity contribution >= 4 is 51.1 Å². The number of hydrogen-bond acceptors (Lipinski definition) is 15. The summed E-state index contributed by atoms with van der Waals surface area (Å²) in [7, 11) is -3.30. The number of sulfone groups is 1. The quantitative estimate of drug-likeness (QED) is 0.0253. The van der Waals surface area contributed by atoms with E-state index in [2.05, 4.69) is 91.3 Å². The number of aliphatic hydroxyl groups excluding tert-OH is 4. The van der Waals surface area contributed by atoms with Gasteiger partial charge in [0.15, 0.2) is 9.84 Å². The molecule has 22 aliphatic rings. The van der Waals surface area contributed by atoms with Gasteiger partial charge < -0.3 is 81.2 Å². The number of carbonyl (C=O) groups excluding carboxylic acids is 5. The van der Waals surface area contributed by atoms with E-state index in [1.165, 1.54) is 73.6 Å². The van der Waals surface area contributed by atoms with E-state index in [1.54, 1.807) is 74.8 Å². The molecule has 16 bridgehead atoms. The van der Waals surface area contributed by atoms with Crippen molar-refractivity contribution in [2.75, 3.05) is 30.0 Å². The number of imidazole rings is 4. The number of nitrogens with one attached hydrogen (secondary N) is 8. The van der Waals surface area contributed by atoms with Crippen LogP contribution in [0.5, 0.6) is 0 Å². The number of ketones is 1. The van der Waals surface area contributed by atoms with Crippen molar-refractivity contribution < 1.29 is 66.0 Å². The van der Waals surface area contributed by atoms with Crippen LogP contribution in [0.4, 0.5) is 43.7 Å². The van der Waals surface area contributed by atoms with Crippen LogP contribution in [-0.2, 0) is 21.1 Å². The standard InChI is InChI=1S/C32H36N4O3.C30H33FN4O4S.C28H35FN4O2.C27H33FN4O2/c1-19(37)10-20-6-8-24(9-7-20)34-31(39)35-30-22-11-21-12-23(30)16-32(14-21,15-22)29(38)13-27-25-4-2-3-5-26(25)28-17-33-18-36(27)28;1-40(38,39)21-7-5-20(6-8-21)33-29(37)34-28-18-9-17-10-19(28)14-30(12-17,13-18)26(36)11-24-27-22(3-2-4-23(27)31)25-15-32-16-35(24)25;29-21-6-2-5-20-23-14-30-15-33(23)22(25(20)21)9-24(34)28-10-17-7-18(11-28)26(19(8-17)12-28)32-27(35)31-13-16-3-1-4-16;28-20-3-1-2-19-22-13-29-14-32(22)21(24(19)20)8-23(33)27-9-16-6-17(10-27)25(18(7-16)11-27)31-26(34)30-12-15-4-5-15/h2-9,17-18,21-23,27,29-30,38H,10-16H2,1H3,(H2,34,35,39);2-8,15-19,24,26,28,36H,9-14H2,1H3,(H2,33,34,37);2,5-6,14-19,22,24,26,34H,1,3-4,7-13H2,(H2,31,32,35);1-3,13-18,21,23,25,33H,4-12H2,(H2,30,31,34). The van der Waals surface area contributed by atoms with E-state index in [1.807, 2.05) is 68.7 Å². The molecule has 27 nitrogen and oxygen atoms in total. The summed E-state index contributed by atoms with van der Waals surface area (Å²) < 4.78 is 76.6. The van der Waals surface area contributed by atoms with Crippen LogP contribution in [0.15, 0.2) is 182 Å². The highest BCUT2D eigenvalue weighted by atomic mass is 32.2. The van der Waals surface area contributed by atoms with Crippen molar-refractivity contribution in [2.24, 2.45) is 105 Å². The zero-order valence-electron chi connectivity index (χ0n) is 84.1. The second kappa shape index (κ2) is 38.1. The SMILES string of the molecule is CC(=O)Cc1ccc(NC(=O)NC2C3CC4CC2CC(C(O)CC2c5ccccc5-c5cncn52)(C4)C3)cc1.CS(=O)(=O)c1ccc(NC(=O)NC2C3CC4CC2CC(C(O)CC2c5c(F)cccc5-c5cncn52)(C4)C3)cc1.O=C(NCC1CC1)NC1C2CC3CC1CC(C(O)CC1c4c(F)cccc4-c4cncn41)(C3)C2.O=C(NCC1CCC1)NC1C2CC3CC1CC(C(O)CC1c4c(F)cccc4-c4cncn41)(C3)C2. The van der Waals surface area contributed by atoms with Crippen LogP contribution in [0.2, 0.25) is 0 Å². The van der Waals surface area contributed by atoms with Crippen molar-refractivity contribution in [1.29, 1.82) is 0 Å². The Morgan fingerprint density at radius 1 is 0.378 bits per heavy atom. The zero-order valence-corrected chi connectivity index (χ0v) is 85.0. The van der Waals surface area contributed by atoms with Crippen LogP contribution in [-0.4, -0.2) is 165 Å². The van der Waals surface area contributed by atoms with Crippen molar-refractivity contribution in [3.05, 3.63) is 223 Å². The van der Waals surface area contributed by atoms with Gasteiger partial charge in [-0.25, -0.2) is 60.7 Å². The maximum Gasteiger partial charge on any atom is 0.319 e. The normalized spacial score (nSPS) is 32.8. The molecule has 6 aromatic carbocycles. The van der Waals surface area contributed by atoms with Crippen molar-refractivity contribution in [3.63, 3.8) is 0 Å². The Morgan fingerprint density at radius 2 is 0.682 bits per heavy atom. The third-order valence-corrected chi connectivity index (χ3v) is 41.0. The first-order valence-corrected chi connectivity index (χ1v) is 56.8. The number of carbonyl (C=O) groups is 5. The lowest BCUT2D eigenvalue weighted by atomic mass is 9.46. The number of anilines is 2. The summed E-state index contributed by atoms with van der Waals surface area (Å²) in [6, 6.07) is 37.2. The minimum Gasteiger partial charge on any atom is -0.392 e. The average Bonchev–Trinajstić information content (AvgIpc) is 1.06. The van der Waals surface area contributed by atoms with Gasteiger partial charge in [-0.1, -0.05) is 79.2 Å². The van der Waals surface area contributed by atoms with Gasteiger partial charge in [-0.2, -0.15) is 0 Å². The van der Waals surface area contributed by atoms with Gasteiger partial charge in [-0.05, 0) is 357 Å². The third kappa shape index (κ3) is 17.8. The van der Waals surface area contributed by atoms with E-state index < -0.39 is 28.1 Å². The second-order valence-corrected chi connectivity index (χ2v) is 51.0. The average molecular weight is 2030 g/mol. The summed E-state index contributed by atoms with van der Waals surface area (Å²) in [5.41, 5.74) is 12.7. The fourth-order valence-electron chi connectivity index (χ4n) is 33.9. The summed E-state index contributed by atoms with van der Waals surface area (Å²) in [6.07, 6.45) is 42.8. The summed E-state index contributed by atoms with van der Waals surface area (Å²) >= 11 is 0. The highest BCUT2D eigenvalue weighted by Crippen LogP contribution is 2.68. The minimum absolute atomic E-state index is 0.0188. The fraction of sp³-hybridized carbons (Fsp3) is 0.547. The van der Waals surface area contributed by atoms with Crippen LogP contribution in [0.3, 0.4) is 0 Å². The lowest BCUT2D eigenvalue weighted by Gasteiger charge is -2.61. The Balaban J connectivity index is 0.000000103. The first-order valence-electron chi connectivity index (χ1n) is 54.9. The monoisotopic (exact) mass is 2030 g/mol. The minimum atomic E-state index is -3.30. The molecule has 8 heterocycles. The smallest absolute Gasteiger partial charge is 0.319 e. The molecule has 16 unspecified atom stereocenters. The van der Waals surface area contributed by atoms with Crippen molar-refractivity contribution in [1.82, 2.24) is 70.1 Å². The van der Waals surface area contributed by atoms with Gasteiger partial charge in [0.2, 0.25) is 0 Å². The van der Waals surface area contributed by atoms with Crippen LogP contribution in [0, 0.1) is 122 Å². The van der Waals surface area contributed by atoms with Gasteiger partial charge >= 0.3 is 24.1 Å². The number of rotatable bonds is 25. The summed E-state index contributed by atoms with van der Waals surface area (Å²) in [5.74, 6) is 6.21. The molecule has 18 fully saturated rings. The maximum atomic E-state index is 15.0. The van der Waals surface area contributed by atoms with Gasteiger partial charge in [-0.15, -0.1) is 0 Å². The molecule has 18 aliphatic carbocycles. The topological polar surface area (TPSA) is 368 Å². The first-order chi connectivity index (χ1) is 71.5. The first kappa shape index (κ1) is 97.3. The number of halogens is 3. The predicted molar refractivity (Wildman–Crippen MR) is 553 cm³/mol. The number of Topliss-reactive ketones (excluding diaryl/α,β-unsaturated/α-hetero) is 1. The Bertz CT molecular complexity index is 6810. The molecular formula is C117H137F3N16O11S. The number of amides is 8. The summed E-state index contributed by atoms with van der Waals surface area (Å²) in [6.45, 7) is 3.15. The number of aromatic nitrogens is 8. The maximum absolute atomic E-state index is 15.0. The molecule has 778 valence electrons. The van der Waals surface area contributed by atoms with E-state index in [0.29, 0.717) is 125 Å². The Kier molecular flexibility index (Phi) is 25.1. The van der Waals surface area contributed by atoms with Gasteiger partial charge in [0.05, 0.1) is 126 Å². The Hall–Kier alpha value is -11.5. The van der Waals surface area contributed by atoms with E-state index >= 15 is 4.39 Å². The number of hydrogen-bond donors (Lipinski definition) is 12. The van der Waals surface area contributed by atoms with Gasteiger partial charge in [0.25, 0.3) is 0 Å². The molecule has 32 rings (SSSR count). The van der Waals surface area contributed by atoms with Gasteiger partial charge in [-0.3, -0.25) is 4.79 Å². The number of aliphatic hydroxyl groups is 4. The predicted octanol–water partition coefficient (Wildman–Crippen LogP) is 19.0. The fourth-order valence-corrected chi connectivity index (χ4v) is 34.6. The molecule has 10 aromatic rings. The zero-order chi connectivity index (χ0) is 101. The lowest BCUT2D eigenvalue weighted by Crippen LogP contribution is -2.62. The van der Waals surface area contributed by atoms with Crippen molar-refractivity contribution in [3.8, 4) is 45.0 Å². The molecule has 0 saturated heterocycles. The third-order valence-electron chi connectivity index (χ3n) is 39.9. The van der Waals surface area contributed by atoms with Crippen LogP contribution < -0.4 is 42.5 Å². The lowest BCUT2D eigenvalue weighted by molar-refractivity contribution is -0.135. The van der Waals surface area contributed by atoms with Crippen LogP contribution >= 0.6 is 0 Å². The van der Waals surface area contributed by atoms with E-state index in [9.17, 15) is 61.6 Å². The molecule has 0 spiro atoms. The molecule has 148 heavy (non-hydrogen) atoms. The highest BCUT2D eigenvalue weighted by Gasteiger charge is 2.64. The van der Waals surface area contributed by atoms with E-state index in [-0.39, 0.29) is 140 Å². The summed E-state index contributed by atoms with van der Waals surface area (Å²) in [4.78, 5) is 80.0. The molecule has 4 aromatic heterocycles. The molecule has 12 N–H and O–H groups in total.